The Bertz CT molecular complexity index is 585. The quantitative estimate of drug-likeness (QED) is 0.0548. The summed E-state index contributed by atoms with van der Waals surface area (Å²) in [4.78, 5) is 0. The van der Waals surface area contributed by atoms with Crippen LogP contribution in [0.1, 0.15) is 232 Å². The third kappa shape index (κ3) is 38.0. The Hall–Kier alpha value is -0.130. The van der Waals surface area contributed by atoms with Crippen LogP contribution in [0.4, 0.5) is 0 Å². The Kier molecular flexibility index (Phi) is 34.6. The van der Waals surface area contributed by atoms with Crippen LogP contribution in [-0.2, 0) is 14.6 Å². The van der Waals surface area contributed by atoms with Gasteiger partial charge in [-0.2, -0.15) is 8.42 Å². The summed E-state index contributed by atoms with van der Waals surface area (Å²) in [6.07, 6.45) is 45.6. The highest BCUT2D eigenvalue weighted by molar-refractivity contribution is 7.80. The van der Waals surface area contributed by atoms with E-state index in [-0.39, 0.29) is 12.5 Å². The van der Waals surface area contributed by atoms with Crippen LogP contribution in [0.5, 0.6) is 0 Å². The smallest absolute Gasteiger partial charge is 0.264 e. The maximum Gasteiger partial charge on any atom is 0.397 e. The van der Waals surface area contributed by atoms with E-state index in [1.54, 1.807) is 0 Å². The second-order valence-electron chi connectivity index (χ2n) is 13.8. The van der Waals surface area contributed by atoms with E-state index in [1.165, 1.54) is 193 Å². The van der Waals surface area contributed by atoms with Crippen molar-refractivity contribution < 1.29 is 17.2 Å². The number of rotatable bonds is 37. The SMILES string of the molecule is CCCCCCCCCCCCCCCCCCC(CCCCCCCCCCCCCCCCCC)COS(=O)(=O)O. The molecule has 4 nitrogen and oxygen atoms in total. The van der Waals surface area contributed by atoms with Crippen molar-refractivity contribution in [1.82, 2.24) is 0 Å². The second-order valence-corrected chi connectivity index (χ2v) is 14.9. The fourth-order valence-corrected chi connectivity index (χ4v) is 6.82. The predicted molar refractivity (Wildman–Crippen MR) is 189 cm³/mol. The van der Waals surface area contributed by atoms with E-state index < -0.39 is 10.4 Å². The molecule has 0 heterocycles. The zero-order valence-electron chi connectivity index (χ0n) is 29.4. The first-order chi connectivity index (χ1) is 21.0. The molecule has 0 aliphatic rings. The van der Waals surface area contributed by atoms with Crippen LogP contribution in [-0.4, -0.2) is 19.6 Å². The molecule has 0 atom stereocenters. The largest absolute Gasteiger partial charge is 0.397 e. The van der Waals surface area contributed by atoms with E-state index >= 15 is 0 Å². The van der Waals surface area contributed by atoms with E-state index in [1.807, 2.05) is 0 Å². The summed E-state index contributed by atoms with van der Waals surface area (Å²) >= 11 is 0. The molecular formula is C38H78O4S. The van der Waals surface area contributed by atoms with Gasteiger partial charge in [-0.05, 0) is 18.8 Å². The molecule has 0 rings (SSSR count). The summed E-state index contributed by atoms with van der Waals surface area (Å²) < 4.78 is 36.1. The molecule has 0 aliphatic heterocycles. The third-order valence-corrected chi connectivity index (χ3v) is 9.82. The van der Waals surface area contributed by atoms with Crippen molar-refractivity contribution in [3.63, 3.8) is 0 Å². The highest BCUT2D eigenvalue weighted by atomic mass is 32.3. The van der Waals surface area contributed by atoms with Gasteiger partial charge in [0.05, 0.1) is 6.61 Å². The zero-order valence-corrected chi connectivity index (χ0v) is 30.2. The highest BCUT2D eigenvalue weighted by Crippen LogP contribution is 2.21. The molecule has 260 valence electrons. The molecule has 0 amide bonds. The molecule has 43 heavy (non-hydrogen) atoms. The molecule has 0 aliphatic carbocycles. The lowest BCUT2D eigenvalue weighted by Crippen LogP contribution is -2.14. The van der Waals surface area contributed by atoms with E-state index in [0.29, 0.717) is 0 Å². The minimum Gasteiger partial charge on any atom is -0.264 e. The van der Waals surface area contributed by atoms with Crippen molar-refractivity contribution in [2.75, 3.05) is 6.61 Å². The molecule has 0 bridgehead atoms. The van der Waals surface area contributed by atoms with Gasteiger partial charge in [0.1, 0.15) is 0 Å². The molecule has 0 aromatic rings. The van der Waals surface area contributed by atoms with Crippen molar-refractivity contribution in [1.29, 1.82) is 0 Å². The van der Waals surface area contributed by atoms with Crippen LogP contribution >= 0.6 is 0 Å². The van der Waals surface area contributed by atoms with Crippen LogP contribution in [0.15, 0.2) is 0 Å². The summed E-state index contributed by atoms with van der Waals surface area (Å²) in [7, 11) is -4.34. The molecule has 0 unspecified atom stereocenters. The molecule has 0 saturated heterocycles. The number of hydrogen-bond donors (Lipinski definition) is 1. The van der Waals surface area contributed by atoms with Gasteiger partial charge >= 0.3 is 10.4 Å². The van der Waals surface area contributed by atoms with Crippen molar-refractivity contribution in [3.05, 3.63) is 0 Å². The van der Waals surface area contributed by atoms with E-state index in [4.69, 9.17) is 8.74 Å². The van der Waals surface area contributed by atoms with Gasteiger partial charge in [0.15, 0.2) is 0 Å². The van der Waals surface area contributed by atoms with Gasteiger partial charge in [-0.25, -0.2) is 4.18 Å². The third-order valence-electron chi connectivity index (χ3n) is 9.38. The molecule has 0 radical (unpaired) electrons. The van der Waals surface area contributed by atoms with Crippen molar-refractivity contribution in [2.24, 2.45) is 5.92 Å². The van der Waals surface area contributed by atoms with Gasteiger partial charge in [0.2, 0.25) is 0 Å². The molecule has 0 saturated carbocycles. The molecule has 0 aromatic heterocycles. The molecule has 5 heteroatoms. The summed E-state index contributed by atoms with van der Waals surface area (Å²) in [6.45, 7) is 4.70. The monoisotopic (exact) mass is 631 g/mol. The minimum absolute atomic E-state index is 0.135. The fourth-order valence-electron chi connectivity index (χ4n) is 6.46. The molecule has 0 fully saturated rings. The van der Waals surface area contributed by atoms with Gasteiger partial charge in [0.25, 0.3) is 0 Å². The maximum atomic E-state index is 11.1. The topological polar surface area (TPSA) is 63.6 Å². The predicted octanol–water partition coefficient (Wildman–Crippen LogP) is 13.7. The van der Waals surface area contributed by atoms with E-state index in [2.05, 4.69) is 13.8 Å². The molecular weight excluding hydrogens is 552 g/mol. The average Bonchev–Trinajstić information content (AvgIpc) is 2.98. The van der Waals surface area contributed by atoms with Crippen LogP contribution in [0.25, 0.3) is 0 Å². The summed E-state index contributed by atoms with van der Waals surface area (Å²) in [6, 6.07) is 0. The van der Waals surface area contributed by atoms with E-state index in [9.17, 15) is 8.42 Å². The molecule has 0 spiro atoms. The van der Waals surface area contributed by atoms with Crippen molar-refractivity contribution in [3.8, 4) is 0 Å². The van der Waals surface area contributed by atoms with Crippen molar-refractivity contribution >= 4 is 10.4 Å². The Morgan fingerprint density at radius 1 is 0.395 bits per heavy atom. The van der Waals surface area contributed by atoms with Crippen molar-refractivity contribution in [2.45, 2.75) is 232 Å². The average molecular weight is 631 g/mol. The normalized spacial score (nSPS) is 12.1. The van der Waals surface area contributed by atoms with Gasteiger partial charge in [-0.3, -0.25) is 4.55 Å². The Balaban J connectivity index is 3.65. The van der Waals surface area contributed by atoms with Gasteiger partial charge < -0.3 is 0 Å². The summed E-state index contributed by atoms with van der Waals surface area (Å²) in [5.41, 5.74) is 0. The fraction of sp³-hybridized carbons (Fsp3) is 1.00. The lowest BCUT2D eigenvalue weighted by Gasteiger charge is -2.16. The molecule has 0 aromatic carbocycles. The first kappa shape index (κ1) is 42.9. The summed E-state index contributed by atoms with van der Waals surface area (Å²) in [5.74, 6) is 0.236. The number of unbranched alkanes of at least 4 members (excludes halogenated alkanes) is 30. The highest BCUT2D eigenvalue weighted by Gasteiger charge is 2.13. The van der Waals surface area contributed by atoms with Crippen LogP contribution in [0.2, 0.25) is 0 Å². The number of hydrogen-bond acceptors (Lipinski definition) is 3. The minimum atomic E-state index is -4.34. The zero-order chi connectivity index (χ0) is 31.5. The second kappa shape index (κ2) is 34.7. The first-order valence-corrected chi connectivity index (χ1v) is 21.0. The lowest BCUT2D eigenvalue weighted by atomic mass is 9.94. The Labute approximate surface area is 271 Å². The van der Waals surface area contributed by atoms with Gasteiger partial charge in [-0.15, -0.1) is 0 Å². The first-order valence-electron chi connectivity index (χ1n) is 19.6. The lowest BCUT2D eigenvalue weighted by molar-refractivity contribution is 0.204. The van der Waals surface area contributed by atoms with Gasteiger partial charge in [-0.1, -0.05) is 219 Å². The van der Waals surface area contributed by atoms with Crippen LogP contribution in [0.3, 0.4) is 0 Å². The maximum absolute atomic E-state index is 11.1. The standard InChI is InChI=1S/C38H78O4S/c1-3-5-7-9-11-13-15-17-19-21-23-25-27-29-31-33-35-38(37-42-43(39,40)41)36-34-32-30-28-26-24-22-20-18-16-14-12-10-8-6-4-2/h38H,3-37H2,1-2H3,(H,39,40,41). The molecule has 1 N–H and O–H groups in total. The van der Waals surface area contributed by atoms with Crippen LogP contribution < -0.4 is 0 Å². The Morgan fingerprint density at radius 2 is 0.605 bits per heavy atom. The Morgan fingerprint density at radius 3 is 0.814 bits per heavy atom. The van der Waals surface area contributed by atoms with E-state index in [0.717, 1.165) is 25.7 Å². The summed E-state index contributed by atoms with van der Waals surface area (Å²) in [5, 5.41) is 0. The van der Waals surface area contributed by atoms with Crippen LogP contribution in [0, 0.1) is 5.92 Å². The van der Waals surface area contributed by atoms with Gasteiger partial charge in [0, 0.05) is 0 Å².